The Kier molecular flexibility index (Phi) is 5.29. The number of fused-ring (bicyclic) bond motifs is 3. The number of methoxy groups -OCH3 is 1. The van der Waals surface area contributed by atoms with Crippen molar-refractivity contribution in [3.05, 3.63) is 42.2 Å². The van der Waals surface area contributed by atoms with Crippen LogP contribution in [0, 0.1) is 0 Å². The largest absolute Gasteiger partial charge is 0.495 e. The van der Waals surface area contributed by atoms with E-state index < -0.39 is 23.2 Å². The first-order chi connectivity index (χ1) is 14.7. The second-order valence-electron chi connectivity index (χ2n) is 6.76. The third-order valence-electron chi connectivity index (χ3n) is 4.70. The van der Waals surface area contributed by atoms with Crippen LogP contribution in [0.3, 0.4) is 0 Å². The molecule has 0 aliphatic heterocycles. The molecule has 0 unspecified atom stereocenters. The number of ether oxygens (including phenoxy) is 1. The van der Waals surface area contributed by atoms with Crippen molar-refractivity contribution in [2.75, 3.05) is 12.4 Å². The number of carbonyl (C=O) groups is 1. The summed E-state index contributed by atoms with van der Waals surface area (Å²) in [5, 5.41) is 10.5. The number of nitrogens with zero attached hydrogens (tertiary/aromatic N) is 3. The summed E-state index contributed by atoms with van der Waals surface area (Å²) in [5.41, 5.74) is 1.66. The van der Waals surface area contributed by atoms with Gasteiger partial charge >= 0.3 is 6.18 Å². The van der Waals surface area contributed by atoms with Gasteiger partial charge in [-0.3, -0.25) is 4.79 Å². The highest BCUT2D eigenvalue weighted by Gasteiger charge is 2.38. The lowest BCUT2D eigenvalue weighted by atomic mass is 10.1. The summed E-state index contributed by atoms with van der Waals surface area (Å²) in [6.07, 6.45) is -4.62. The van der Waals surface area contributed by atoms with Gasteiger partial charge in [0.05, 0.1) is 18.0 Å². The van der Waals surface area contributed by atoms with Crippen molar-refractivity contribution < 1.29 is 27.1 Å². The predicted octanol–water partition coefficient (Wildman–Crippen LogP) is 4.86. The van der Waals surface area contributed by atoms with Gasteiger partial charge in [-0.05, 0) is 19.1 Å². The van der Waals surface area contributed by atoms with E-state index in [4.69, 9.17) is 9.15 Å². The molecule has 31 heavy (non-hydrogen) atoms. The van der Waals surface area contributed by atoms with Gasteiger partial charge in [-0.25, -0.2) is 0 Å². The maximum Gasteiger partial charge on any atom is 0.451 e. The summed E-state index contributed by atoms with van der Waals surface area (Å²) in [6.45, 7) is 1.56. The number of amides is 1. The Balaban J connectivity index is 1.57. The van der Waals surface area contributed by atoms with Crippen LogP contribution in [-0.4, -0.2) is 33.0 Å². The molecule has 1 amide bonds. The minimum absolute atomic E-state index is 0.0188. The van der Waals surface area contributed by atoms with E-state index >= 15 is 0 Å². The smallest absolute Gasteiger partial charge is 0.451 e. The van der Waals surface area contributed by atoms with Crippen molar-refractivity contribution >= 4 is 45.3 Å². The Morgan fingerprint density at radius 2 is 1.94 bits per heavy atom. The highest BCUT2D eigenvalue weighted by Crippen LogP contribution is 2.37. The van der Waals surface area contributed by atoms with E-state index in [1.807, 2.05) is 24.3 Å². The topological polar surface area (TPSA) is 82.2 Å². The van der Waals surface area contributed by atoms with Crippen LogP contribution in [-0.2, 0) is 18.0 Å². The van der Waals surface area contributed by atoms with Gasteiger partial charge in [0.25, 0.3) is 0 Å². The lowest BCUT2D eigenvalue weighted by Gasteiger charge is -2.14. The van der Waals surface area contributed by atoms with Crippen molar-refractivity contribution in [1.82, 2.24) is 14.8 Å². The van der Waals surface area contributed by atoms with Crippen LogP contribution in [0.5, 0.6) is 5.75 Å². The molecule has 0 fully saturated rings. The second-order valence-corrected chi connectivity index (χ2v) is 8.07. The maximum absolute atomic E-state index is 12.9. The summed E-state index contributed by atoms with van der Waals surface area (Å²) in [5.74, 6) is -1.13. The molecule has 2 heterocycles. The van der Waals surface area contributed by atoms with E-state index in [1.165, 1.54) is 14.2 Å². The molecule has 0 bridgehead atoms. The number of nitrogens with one attached hydrogen (secondary N) is 1. The molecule has 1 N–H and O–H groups in total. The summed E-state index contributed by atoms with van der Waals surface area (Å²) in [7, 11) is 2.68. The fourth-order valence-corrected chi connectivity index (χ4v) is 3.94. The lowest BCUT2D eigenvalue weighted by Crippen LogP contribution is -2.23. The number of carbonyl (C=O) groups excluding carboxylic acids is 1. The van der Waals surface area contributed by atoms with Gasteiger partial charge in [0.1, 0.15) is 16.9 Å². The van der Waals surface area contributed by atoms with Gasteiger partial charge in [-0.15, -0.1) is 10.2 Å². The molecule has 0 spiro atoms. The zero-order chi connectivity index (χ0) is 22.3. The van der Waals surface area contributed by atoms with E-state index in [0.717, 1.165) is 27.1 Å². The molecule has 0 aliphatic carbocycles. The van der Waals surface area contributed by atoms with Crippen LogP contribution in [0.25, 0.3) is 21.9 Å². The Labute approximate surface area is 178 Å². The van der Waals surface area contributed by atoms with Crippen LogP contribution in [0.2, 0.25) is 0 Å². The van der Waals surface area contributed by atoms with Crippen molar-refractivity contribution in [3.63, 3.8) is 0 Å². The quantitative estimate of drug-likeness (QED) is 0.437. The summed E-state index contributed by atoms with van der Waals surface area (Å²) < 4.78 is 50.8. The first-order valence-electron chi connectivity index (χ1n) is 9.12. The van der Waals surface area contributed by atoms with Crippen molar-refractivity contribution in [3.8, 4) is 5.75 Å². The van der Waals surface area contributed by atoms with Gasteiger partial charge in [-0.2, -0.15) is 13.2 Å². The van der Waals surface area contributed by atoms with Gasteiger partial charge in [0.2, 0.25) is 11.7 Å². The Bertz CT molecular complexity index is 1280. The normalized spacial score (nSPS) is 13.0. The first kappa shape index (κ1) is 21.0. The number of hydrogen-bond donors (Lipinski definition) is 1. The van der Waals surface area contributed by atoms with E-state index in [1.54, 1.807) is 19.1 Å². The van der Waals surface area contributed by atoms with Gasteiger partial charge in [0.15, 0.2) is 5.16 Å². The fraction of sp³-hybridized carbons (Fsp3) is 0.250. The number of para-hydroxylation sites is 1. The number of hydrogen-bond acceptors (Lipinski definition) is 6. The average molecular weight is 450 g/mol. The number of thioether (sulfide) groups is 1. The summed E-state index contributed by atoms with van der Waals surface area (Å²) in [4.78, 5) is 12.7. The molecular weight excluding hydrogens is 433 g/mol. The number of anilines is 1. The van der Waals surface area contributed by atoms with E-state index in [-0.39, 0.29) is 5.16 Å². The summed E-state index contributed by atoms with van der Waals surface area (Å²) >= 11 is 0.868. The SMILES string of the molecule is COc1cc2c(cc1NC(=O)[C@H](C)Sc1nnc(C(F)(F)F)n1C)oc1ccccc12. The molecule has 7 nitrogen and oxygen atoms in total. The molecule has 0 saturated heterocycles. The minimum Gasteiger partial charge on any atom is -0.495 e. The third kappa shape index (κ3) is 3.92. The average Bonchev–Trinajstić information content (AvgIpc) is 3.27. The lowest BCUT2D eigenvalue weighted by molar-refractivity contribution is -0.147. The van der Waals surface area contributed by atoms with Gasteiger partial charge in [-0.1, -0.05) is 30.0 Å². The van der Waals surface area contributed by atoms with Crippen molar-refractivity contribution in [1.29, 1.82) is 0 Å². The standard InChI is InChI=1S/C20H17F3N4O3S/c1-10(31-19-26-25-18(27(19)2)20(21,22)23)17(28)24-13-9-15-12(8-16(13)29-3)11-6-4-5-7-14(11)30-15/h4-10H,1-3H3,(H,24,28)/t10-/m0/s1. The molecule has 4 rings (SSSR count). The van der Waals surface area contributed by atoms with E-state index in [2.05, 4.69) is 15.5 Å². The van der Waals surface area contributed by atoms with E-state index in [0.29, 0.717) is 22.6 Å². The molecule has 0 radical (unpaired) electrons. The number of aromatic nitrogens is 3. The molecule has 1 atom stereocenters. The molecule has 162 valence electrons. The number of alkyl halides is 3. The van der Waals surface area contributed by atoms with Crippen molar-refractivity contribution in [2.24, 2.45) is 7.05 Å². The Morgan fingerprint density at radius 1 is 1.19 bits per heavy atom. The molecule has 11 heteroatoms. The number of rotatable bonds is 5. The molecule has 0 saturated carbocycles. The third-order valence-corrected chi connectivity index (χ3v) is 5.83. The van der Waals surface area contributed by atoms with Crippen LogP contribution in [0.4, 0.5) is 18.9 Å². The zero-order valence-corrected chi connectivity index (χ0v) is 17.5. The monoisotopic (exact) mass is 450 g/mol. The molecule has 2 aromatic heterocycles. The highest BCUT2D eigenvalue weighted by molar-refractivity contribution is 8.00. The fourth-order valence-electron chi connectivity index (χ4n) is 3.13. The predicted molar refractivity (Wildman–Crippen MR) is 110 cm³/mol. The highest BCUT2D eigenvalue weighted by atomic mass is 32.2. The Morgan fingerprint density at radius 3 is 2.61 bits per heavy atom. The first-order valence-corrected chi connectivity index (χ1v) is 10.0. The second kappa shape index (κ2) is 7.80. The molecular formula is C20H17F3N4O3S. The minimum atomic E-state index is -4.62. The van der Waals surface area contributed by atoms with Crippen LogP contribution in [0.1, 0.15) is 12.7 Å². The number of furan rings is 1. The van der Waals surface area contributed by atoms with Crippen LogP contribution >= 0.6 is 11.8 Å². The zero-order valence-electron chi connectivity index (χ0n) is 16.6. The maximum atomic E-state index is 12.9. The summed E-state index contributed by atoms with van der Waals surface area (Å²) in [6, 6.07) is 11.0. The van der Waals surface area contributed by atoms with Gasteiger partial charge < -0.3 is 19.0 Å². The van der Waals surface area contributed by atoms with Crippen LogP contribution in [0.15, 0.2) is 46.0 Å². The number of halogens is 3. The molecule has 0 aliphatic rings. The number of benzene rings is 2. The Hall–Kier alpha value is -3.21. The van der Waals surface area contributed by atoms with Crippen molar-refractivity contribution in [2.45, 2.75) is 23.5 Å². The van der Waals surface area contributed by atoms with Gasteiger partial charge in [0, 0.05) is 23.9 Å². The van der Waals surface area contributed by atoms with E-state index in [9.17, 15) is 18.0 Å². The van der Waals surface area contributed by atoms with Crippen LogP contribution < -0.4 is 10.1 Å². The molecule has 2 aromatic carbocycles. The molecule has 4 aromatic rings.